The number of aliphatic hydroxyl groups is 2. The van der Waals surface area contributed by atoms with Crippen molar-refractivity contribution in [2.75, 3.05) is 6.61 Å². The molecular formula is C18H20O4. The molecule has 0 amide bonds. The zero-order chi connectivity index (χ0) is 15.8. The third-order valence-electron chi connectivity index (χ3n) is 3.48. The van der Waals surface area contributed by atoms with Gasteiger partial charge in [-0.25, -0.2) is 0 Å². The molecule has 2 aromatic rings. The van der Waals surface area contributed by atoms with Gasteiger partial charge in [-0.05, 0) is 17.5 Å². The lowest BCUT2D eigenvalue weighted by molar-refractivity contribution is -0.155. The lowest BCUT2D eigenvalue weighted by atomic mass is 9.94. The molecule has 4 heteroatoms. The standard InChI is InChI=1S/C18H20O4/c19-12-17(20)16(11-14-7-3-1-4-8-14)18(21)22-13-15-9-5-2-6-10-15/h1-10,16-17,19-20H,11-13H2/t16-,17-/m0/s1. The highest BCUT2D eigenvalue weighted by Gasteiger charge is 2.28. The van der Waals surface area contributed by atoms with Gasteiger partial charge in [0.25, 0.3) is 0 Å². The zero-order valence-electron chi connectivity index (χ0n) is 12.3. The van der Waals surface area contributed by atoms with Crippen LogP contribution in [0.5, 0.6) is 0 Å². The Labute approximate surface area is 130 Å². The number of carbonyl (C=O) groups excluding carboxylic acids is 1. The van der Waals surface area contributed by atoms with Crippen LogP contribution in [0.1, 0.15) is 11.1 Å². The Hall–Kier alpha value is -2.17. The highest BCUT2D eigenvalue weighted by Crippen LogP contribution is 2.16. The number of hydrogen-bond donors (Lipinski definition) is 2. The van der Waals surface area contributed by atoms with E-state index < -0.39 is 24.6 Å². The van der Waals surface area contributed by atoms with E-state index >= 15 is 0 Å². The van der Waals surface area contributed by atoms with Crippen LogP contribution in [0.4, 0.5) is 0 Å². The van der Waals surface area contributed by atoms with E-state index in [1.807, 2.05) is 60.7 Å². The van der Waals surface area contributed by atoms with Crippen molar-refractivity contribution in [2.24, 2.45) is 5.92 Å². The molecule has 0 aliphatic carbocycles. The van der Waals surface area contributed by atoms with Crippen LogP contribution < -0.4 is 0 Å². The Morgan fingerprint density at radius 2 is 1.50 bits per heavy atom. The summed E-state index contributed by atoms with van der Waals surface area (Å²) >= 11 is 0. The van der Waals surface area contributed by atoms with Gasteiger partial charge in [-0.15, -0.1) is 0 Å². The highest BCUT2D eigenvalue weighted by molar-refractivity contribution is 5.73. The fraction of sp³-hybridized carbons (Fsp3) is 0.278. The lowest BCUT2D eigenvalue weighted by Crippen LogP contribution is -2.34. The second-order valence-electron chi connectivity index (χ2n) is 5.14. The largest absolute Gasteiger partial charge is 0.461 e. The van der Waals surface area contributed by atoms with E-state index in [-0.39, 0.29) is 6.61 Å². The summed E-state index contributed by atoms with van der Waals surface area (Å²) in [6.45, 7) is -0.318. The van der Waals surface area contributed by atoms with E-state index in [0.29, 0.717) is 6.42 Å². The Kier molecular flexibility index (Phi) is 6.13. The Balaban J connectivity index is 2.00. The maximum Gasteiger partial charge on any atom is 0.312 e. The van der Waals surface area contributed by atoms with E-state index in [2.05, 4.69) is 0 Å². The average Bonchev–Trinajstić information content (AvgIpc) is 2.58. The first-order chi connectivity index (χ1) is 10.7. The van der Waals surface area contributed by atoms with Crippen molar-refractivity contribution in [3.8, 4) is 0 Å². The molecule has 0 saturated carbocycles. The van der Waals surface area contributed by atoms with Crippen LogP contribution in [0, 0.1) is 5.92 Å². The van der Waals surface area contributed by atoms with Gasteiger partial charge in [0.15, 0.2) is 0 Å². The fourth-order valence-electron chi connectivity index (χ4n) is 2.21. The van der Waals surface area contributed by atoms with Gasteiger partial charge < -0.3 is 14.9 Å². The molecule has 22 heavy (non-hydrogen) atoms. The molecule has 0 fully saturated rings. The molecule has 2 N–H and O–H groups in total. The maximum absolute atomic E-state index is 12.2. The summed E-state index contributed by atoms with van der Waals surface area (Å²) in [6.07, 6.45) is -0.806. The number of ether oxygens (including phenoxy) is 1. The molecule has 0 aromatic heterocycles. The summed E-state index contributed by atoms with van der Waals surface area (Å²) in [5, 5.41) is 19.1. The minimum Gasteiger partial charge on any atom is -0.461 e. The van der Waals surface area contributed by atoms with Gasteiger partial charge in [0.2, 0.25) is 0 Å². The summed E-state index contributed by atoms with van der Waals surface area (Å²) < 4.78 is 5.28. The normalized spacial score (nSPS) is 13.4. The topological polar surface area (TPSA) is 66.8 Å². The molecule has 0 radical (unpaired) electrons. The number of esters is 1. The van der Waals surface area contributed by atoms with Gasteiger partial charge in [0.05, 0.1) is 18.6 Å². The molecular weight excluding hydrogens is 280 g/mol. The molecule has 0 aliphatic rings. The quantitative estimate of drug-likeness (QED) is 0.767. The Morgan fingerprint density at radius 3 is 2.05 bits per heavy atom. The molecule has 116 valence electrons. The fourth-order valence-corrected chi connectivity index (χ4v) is 2.21. The molecule has 0 bridgehead atoms. The van der Waals surface area contributed by atoms with E-state index in [4.69, 9.17) is 9.84 Å². The molecule has 0 unspecified atom stereocenters. The third-order valence-corrected chi connectivity index (χ3v) is 3.48. The molecule has 0 saturated heterocycles. The molecule has 0 heterocycles. The van der Waals surface area contributed by atoms with Gasteiger partial charge in [0, 0.05) is 0 Å². The number of benzene rings is 2. The van der Waals surface area contributed by atoms with Crippen molar-refractivity contribution < 1.29 is 19.7 Å². The minimum absolute atomic E-state index is 0.156. The van der Waals surface area contributed by atoms with Crippen LogP contribution in [-0.4, -0.2) is 28.9 Å². The van der Waals surface area contributed by atoms with Gasteiger partial charge in [-0.2, -0.15) is 0 Å². The minimum atomic E-state index is -1.14. The summed E-state index contributed by atoms with van der Waals surface area (Å²) in [5.74, 6) is -1.29. The van der Waals surface area contributed by atoms with E-state index in [9.17, 15) is 9.90 Å². The summed E-state index contributed by atoms with van der Waals surface area (Å²) in [6, 6.07) is 18.7. The summed E-state index contributed by atoms with van der Waals surface area (Å²) in [7, 11) is 0. The van der Waals surface area contributed by atoms with Crippen LogP contribution in [0.25, 0.3) is 0 Å². The maximum atomic E-state index is 12.2. The second kappa shape index (κ2) is 8.32. The number of aliphatic hydroxyl groups excluding tert-OH is 2. The summed E-state index contributed by atoms with van der Waals surface area (Å²) in [4.78, 5) is 12.2. The van der Waals surface area contributed by atoms with E-state index in [1.54, 1.807) is 0 Å². The molecule has 4 nitrogen and oxygen atoms in total. The van der Waals surface area contributed by atoms with Gasteiger partial charge in [-0.1, -0.05) is 60.7 Å². The molecule has 2 rings (SSSR count). The van der Waals surface area contributed by atoms with Crippen molar-refractivity contribution in [1.29, 1.82) is 0 Å². The van der Waals surface area contributed by atoms with Gasteiger partial charge in [0.1, 0.15) is 6.61 Å². The predicted molar refractivity (Wildman–Crippen MR) is 83.0 cm³/mol. The Morgan fingerprint density at radius 1 is 0.955 bits per heavy atom. The van der Waals surface area contributed by atoms with Crippen LogP contribution >= 0.6 is 0 Å². The SMILES string of the molecule is O=C(OCc1ccccc1)[C@@H](Cc1ccccc1)[C@@H](O)CO. The number of hydrogen-bond acceptors (Lipinski definition) is 4. The predicted octanol–water partition coefficient (Wildman–Crippen LogP) is 1.94. The van der Waals surface area contributed by atoms with Crippen molar-refractivity contribution in [3.63, 3.8) is 0 Å². The van der Waals surface area contributed by atoms with Crippen LogP contribution in [-0.2, 0) is 22.6 Å². The average molecular weight is 300 g/mol. The smallest absolute Gasteiger partial charge is 0.312 e. The molecule has 2 aromatic carbocycles. The van der Waals surface area contributed by atoms with Gasteiger partial charge >= 0.3 is 5.97 Å². The molecule has 0 spiro atoms. The van der Waals surface area contributed by atoms with Crippen LogP contribution in [0.2, 0.25) is 0 Å². The number of carbonyl (C=O) groups is 1. The van der Waals surface area contributed by atoms with Crippen molar-refractivity contribution in [3.05, 3.63) is 71.8 Å². The van der Waals surface area contributed by atoms with Gasteiger partial charge in [-0.3, -0.25) is 4.79 Å². The first-order valence-electron chi connectivity index (χ1n) is 7.24. The van der Waals surface area contributed by atoms with Crippen LogP contribution in [0.15, 0.2) is 60.7 Å². The van der Waals surface area contributed by atoms with Crippen molar-refractivity contribution >= 4 is 5.97 Å². The van der Waals surface area contributed by atoms with Crippen LogP contribution in [0.3, 0.4) is 0 Å². The molecule has 0 aliphatic heterocycles. The highest BCUT2D eigenvalue weighted by atomic mass is 16.5. The number of rotatable bonds is 7. The van der Waals surface area contributed by atoms with Crippen molar-refractivity contribution in [1.82, 2.24) is 0 Å². The van der Waals surface area contributed by atoms with E-state index in [1.165, 1.54) is 0 Å². The zero-order valence-corrected chi connectivity index (χ0v) is 12.3. The third kappa shape index (κ3) is 4.69. The first-order valence-corrected chi connectivity index (χ1v) is 7.24. The molecule has 2 atom stereocenters. The second-order valence-corrected chi connectivity index (χ2v) is 5.14. The van der Waals surface area contributed by atoms with Crippen molar-refractivity contribution in [2.45, 2.75) is 19.1 Å². The Bertz CT molecular complexity index is 568. The lowest BCUT2D eigenvalue weighted by Gasteiger charge is -2.20. The van der Waals surface area contributed by atoms with E-state index in [0.717, 1.165) is 11.1 Å². The summed E-state index contributed by atoms with van der Waals surface area (Å²) in [5.41, 5.74) is 1.80. The monoisotopic (exact) mass is 300 g/mol. The first kappa shape index (κ1) is 16.2.